The average Bonchev–Trinajstić information content (AvgIpc) is 1.84. The van der Waals surface area contributed by atoms with Gasteiger partial charge in [-0.25, -0.2) is 0 Å². The van der Waals surface area contributed by atoms with E-state index in [1.807, 2.05) is 0 Å². The Hall–Kier alpha value is 0.155. The number of hydrogen-bond acceptors (Lipinski definition) is 1. The van der Waals surface area contributed by atoms with E-state index in [2.05, 4.69) is 0 Å². The third-order valence-corrected chi connectivity index (χ3v) is 1.29. The van der Waals surface area contributed by atoms with E-state index in [4.69, 9.17) is 28.6 Å². The zero-order valence-corrected chi connectivity index (χ0v) is 5.62. The highest BCUT2D eigenvalue weighted by Gasteiger charge is 2.13. The number of aliphatic hydroxyl groups excluding tert-OH is 1. The Morgan fingerprint density at radius 1 is 1.44 bits per heavy atom. The fourth-order valence-corrected chi connectivity index (χ4v) is 0.508. The highest BCUT2D eigenvalue weighted by atomic mass is 16.3. The van der Waals surface area contributed by atoms with Crippen molar-refractivity contribution in [3.05, 3.63) is 0 Å². The maximum atomic E-state index is 8.97. The van der Waals surface area contributed by atoms with E-state index in [0.29, 0.717) is 0 Å². The van der Waals surface area contributed by atoms with E-state index >= 15 is 0 Å². The second-order valence-corrected chi connectivity index (χ2v) is 2.24. The standard InChI is InChI=1S/C5H9B3O/c1-3(7)5(8)4(9)2-6/h3-5,9H,2H2,1H3/t3?,4?,5-/m0/s1. The molecule has 0 heterocycles. The minimum atomic E-state index is -0.676. The van der Waals surface area contributed by atoms with Crippen molar-refractivity contribution in [3.63, 3.8) is 0 Å². The molecule has 0 saturated heterocycles. The number of rotatable bonds is 3. The second-order valence-electron chi connectivity index (χ2n) is 2.24. The van der Waals surface area contributed by atoms with Crippen molar-refractivity contribution in [2.24, 2.45) is 0 Å². The molecule has 1 nitrogen and oxygen atoms in total. The van der Waals surface area contributed by atoms with Gasteiger partial charge in [-0.2, -0.15) is 0 Å². The van der Waals surface area contributed by atoms with Gasteiger partial charge < -0.3 is 5.11 Å². The molecule has 44 valence electrons. The normalized spacial score (nSPS) is 20.7. The molecule has 0 aromatic heterocycles. The molecule has 2 unspecified atom stereocenters. The van der Waals surface area contributed by atoms with Crippen molar-refractivity contribution in [1.29, 1.82) is 0 Å². The van der Waals surface area contributed by atoms with Crippen LogP contribution in [0.1, 0.15) is 6.92 Å². The van der Waals surface area contributed by atoms with Crippen LogP contribution < -0.4 is 0 Å². The fourth-order valence-electron chi connectivity index (χ4n) is 0.508. The molecule has 9 heavy (non-hydrogen) atoms. The molecule has 0 bridgehead atoms. The molecular weight excluding hydrogens is 108 g/mol. The molecule has 1 N–H and O–H groups in total. The third kappa shape index (κ3) is 3.00. The summed E-state index contributed by atoms with van der Waals surface area (Å²) < 4.78 is 0. The van der Waals surface area contributed by atoms with Crippen molar-refractivity contribution < 1.29 is 5.11 Å². The fraction of sp³-hybridized carbons (Fsp3) is 1.00. The van der Waals surface area contributed by atoms with Crippen LogP contribution in [0.25, 0.3) is 0 Å². The van der Waals surface area contributed by atoms with Crippen molar-refractivity contribution in [2.75, 3.05) is 0 Å². The zero-order valence-electron chi connectivity index (χ0n) is 5.62. The smallest absolute Gasteiger partial charge is 0.0727 e. The highest BCUT2D eigenvalue weighted by Crippen LogP contribution is 2.21. The van der Waals surface area contributed by atoms with Crippen LogP contribution >= 0.6 is 0 Å². The lowest BCUT2D eigenvalue weighted by Gasteiger charge is -2.21. The number of aliphatic hydroxyl groups is 1. The van der Waals surface area contributed by atoms with Crippen molar-refractivity contribution >= 4 is 23.5 Å². The van der Waals surface area contributed by atoms with Gasteiger partial charge in [0.2, 0.25) is 0 Å². The first-order chi connectivity index (χ1) is 4.09. The molecule has 0 rings (SSSR count). The number of hydrogen-bond donors (Lipinski definition) is 1. The lowest BCUT2D eigenvalue weighted by Crippen LogP contribution is -2.17. The molecule has 0 aliphatic heterocycles. The largest absolute Gasteiger partial charge is 0.394 e. The zero-order chi connectivity index (χ0) is 7.44. The Morgan fingerprint density at radius 2 is 1.89 bits per heavy atom. The van der Waals surface area contributed by atoms with Gasteiger partial charge >= 0.3 is 0 Å². The summed E-state index contributed by atoms with van der Waals surface area (Å²) in [6.45, 7) is 1.74. The van der Waals surface area contributed by atoms with Gasteiger partial charge in [-0.3, -0.25) is 0 Å². The minimum absolute atomic E-state index is 0.169. The molecule has 4 heteroatoms. The van der Waals surface area contributed by atoms with Crippen LogP contribution in [0.2, 0.25) is 18.0 Å². The maximum absolute atomic E-state index is 8.97. The molecule has 0 aliphatic rings. The molecule has 0 aliphatic carbocycles. The molecule has 0 aromatic carbocycles. The van der Waals surface area contributed by atoms with E-state index in [0.717, 1.165) is 0 Å². The molecule has 0 fully saturated rings. The average molecular weight is 118 g/mol. The lowest BCUT2D eigenvalue weighted by molar-refractivity contribution is 0.185. The molecular formula is C5H9B3O. The molecule has 3 atom stereocenters. The first-order valence-electron chi connectivity index (χ1n) is 2.99. The van der Waals surface area contributed by atoms with Crippen LogP contribution in [0.3, 0.4) is 0 Å². The summed E-state index contributed by atoms with van der Waals surface area (Å²) in [7, 11) is 15.9. The second kappa shape index (κ2) is 4.05. The van der Waals surface area contributed by atoms with Crippen LogP contribution in [0.4, 0.5) is 0 Å². The monoisotopic (exact) mass is 118 g/mol. The summed E-state index contributed by atoms with van der Waals surface area (Å²) >= 11 is 0. The maximum Gasteiger partial charge on any atom is 0.0727 e. The van der Waals surface area contributed by atoms with Crippen LogP contribution in [0.5, 0.6) is 0 Å². The van der Waals surface area contributed by atoms with E-state index in [9.17, 15) is 0 Å². The Balaban J connectivity index is 3.58. The van der Waals surface area contributed by atoms with Gasteiger partial charge in [0, 0.05) is 6.10 Å². The summed E-state index contributed by atoms with van der Waals surface area (Å²) in [5, 5.41) is 8.97. The molecule has 0 spiro atoms. The van der Waals surface area contributed by atoms with Gasteiger partial charge in [0.15, 0.2) is 0 Å². The molecule has 6 radical (unpaired) electrons. The Morgan fingerprint density at radius 3 is 2.00 bits per heavy atom. The summed E-state index contributed by atoms with van der Waals surface area (Å²) in [6, 6.07) is 0. The van der Waals surface area contributed by atoms with Crippen LogP contribution in [-0.4, -0.2) is 34.7 Å². The van der Waals surface area contributed by atoms with E-state index < -0.39 is 11.9 Å². The Bertz CT molecular complexity index is 76.6. The molecule has 0 aromatic rings. The summed E-state index contributed by atoms with van der Waals surface area (Å²) in [5.41, 5.74) is 0. The first kappa shape index (κ1) is 9.15. The van der Waals surface area contributed by atoms with E-state index in [-0.39, 0.29) is 12.1 Å². The Kier molecular flexibility index (Phi) is 4.12. The van der Waals surface area contributed by atoms with Gasteiger partial charge in [0.05, 0.1) is 23.5 Å². The van der Waals surface area contributed by atoms with E-state index in [1.54, 1.807) is 6.92 Å². The highest BCUT2D eigenvalue weighted by molar-refractivity contribution is 6.21. The summed E-state index contributed by atoms with van der Waals surface area (Å²) in [5.74, 6) is -0.612. The van der Waals surface area contributed by atoms with Gasteiger partial charge in [0.1, 0.15) is 0 Å². The van der Waals surface area contributed by atoms with Crippen molar-refractivity contribution in [1.82, 2.24) is 0 Å². The topological polar surface area (TPSA) is 20.2 Å². The van der Waals surface area contributed by atoms with Crippen LogP contribution in [-0.2, 0) is 0 Å². The lowest BCUT2D eigenvalue weighted by atomic mass is 9.63. The first-order valence-corrected chi connectivity index (χ1v) is 2.99. The summed E-state index contributed by atoms with van der Waals surface area (Å²) in [4.78, 5) is 0. The molecule has 0 saturated carbocycles. The minimum Gasteiger partial charge on any atom is -0.394 e. The Labute approximate surface area is 60.4 Å². The van der Waals surface area contributed by atoms with Crippen molar-refractivity contribution in [3.8, 4) is 0 Å². The van der Waals surface area contributed by atoms with E-state index in [1.165, 1.54) is 0 Å². The van der Waals surface area contributed by atoms with Crippen molar-refractivity contribution in [2.45, 2.75) is 31.0 Å². The SMILES string of the molecule is [B]CC(O)[C@@H]([B])C([B])C. The predicted molar refractivity (Wildman–Crippen MR) is 41.2 cm³/mol. The van der Waals surface area contributed by atoms with Gasteiger partial charge in [-0.1, -0.05) is 24.9 Å². The van der Waals surface area contributed by atoms with Gasteiger partial charge in [-0.15, -0.1) is 0 Å². The predicted octanol–water partition coefficient (Wildman–Crippen LogP) is -0.132. The summed E-state index contributed by atoms with van der Waals surface area (Å²) in [6.07, 6.45) is -0.507. The molecule has 0 amide bonds. The van der Waals surface area contributed by atoms with Gasteiger partial charge in [0.25, 0.3) is 0 Å². The third-order valence-electron chi connectivity index (χ3n) is 1.29. The van der Waals surface area contributed by atoms with Crippen LogP contribution in [0.15, 0.2) is 0 Å². The van der Waals surface area contributed by atoms with Crippen LogP contribution in [0, 0.1) is 0 Å². The quantitative estimate of drug-likeness (QED) is 0.511. The van der Waals surface area contributed by atoms with Gasteiger partial charge in [-0.05, 0) is 0 Å².